The number of halogens is 1. The Balaban J connectivity index is 1.51. The number of carbonyl (C=O) groups is 1. The number of nitrogens with one attached hydrogen (secondary N) is 1. The number of carbonyl (C=O) groups excluding carboxylic acids is 1. The van der Waals surface area contributed by atoms with Crippen molar-refractivity contribution in [1.29, 1.82) is 0 Å². The van der Waals surface area contributed by atoms with Gasteiger partial charge in [-0.3, -0.25) is 4.79 Å². The third-order valence-electron chi connectivity index (χ3n) is 3.80. The Morgan fingerprint density at radius 1 is 1.30 bits per heavy atom. The van der Waals surface area contributed by atoms with Gasteiger partial charge < -0.3 is 14.5 Å². The lowest BCUT2D eigenvalue weighted by Crippen LogP contribution is -2.23. The van der Waals surface area contributed by atoms with Crippen molar-refractivity contribution in [2.24, 2.45) is 0 Å². The standard InChI is InChI=1S/C21H22FN3O2/c1-15(2)27-19-5-3-4-16(12-19)6-9-21(26)23-11-10-18-14-25-13-17(22)7-8-20(25)24-18/h3-9,12-15H,10-11H2,1-2H3,(H,23,26)/b9-6+. The van der Waals surface area contributed by atoms with E-state index in [4.69, 9.17) is 4.74 Å². The van der Waals surface area contributed by atoms with E-state index in [1.54, 1.807) is 22.7 Å². The van der Waals surface area contributed by atoms with Gasteiger partial charge in [-0.05, 0) is 49.8 Å². The number of aromatic nitrogens is 2. The van der Waals surface area contributed by atoms with E-state index < -0.39 is 0 Å². The van der Waals surface area contributed by atoms with Crippen LogP contribution in [0.15, 0.2) is 54.9 Å². The third-order valence-corrected chi connectivity index (χ3v) is 3.80. The first-order valence-corrected chi connectivity index (χ1v) is 8.85. The SMILES string of the molecule is CC(C)Oc1cccc(/C=C/C(=O)NCCc2cn3cc(F)ccc3n2)c1. The Labute approximate surface area is 157 Å². The van der Waals surface area contributed by atoms with Gasteiger partial charge in [-0.15, -0.1) is 0 Å². The minimum atomic E-state index is -0.312. The topological polar surface area (TPSA) is 55.6 Å². The number of fused-ring (bicyclic) bond motifs is 1. The first-order chi connectivity index (χ1) is 13.0. The second-order valence-electron chi connectivity index (χ2n) is 6.46. The number of hydrogen-bond donors (Lipinski definition) is 1. The highest BCUT2D eigenvalue weighted by Gasteiger charge is 2.03. The van der Waals surface area contributed by atoms with Gasteiger partial charge in [-0.2, -0.15) is 0 Å². The molecule has 27 heavy (non-hydrogen) atoms. The number of pyridine rings is 1. The molecular weight excluding hydrogens is 345 g/mol. The fourth-order valence-corrected chi connectivity index (χ4v) is 2.65. The van der Waals surface area contributed by atoms with Crippen molar-refractivity contribution in [3.05, 3.63) is 71.9 Å². The molecule has 0 atom stereocenters. The highest BCUT2D eigenvalue weighted by Crippen LogP contribution is 2.15. The van der Waals surface area contributed by atoms with Crippen LogP contribution in [0.25, 0.3) is 11.7 Å². The maximum Gasteiger partial charge on any atom is 0.244 e. The van der Waals surface area contributed by atoms with Gasteiger partial charge in [0.2, 0.25) is 5.91 Å². The number of hydrogen-bond acceptors (Lipinski definition) is 3. The van der Waals surface area contributed by atoms with Crippen molar-refractivity contribution in [3.8, 4) is 5.75 Å². The van der Waals surface area contributed by atoms with Gasteiger partial charge in [-0.25, -0.2) is 9.37 Å². The quantitative estimate of drug-likeness (QED) is 0.649. The molecule has 0 radical (unpaired) electrons. The molecule has 2 heterocycles. The van der Waals surface area contributed by atoms with Crippen molar-refractivity contribution >= 4 is 17.6 Å². The molecule has 2 aromatic heterocycles. The largest absolute Gasteiger partial charge is 0.491 e. The zero-order chi connectivity index (χ0) is 19.2. The van der Waals surface area contributed by atoms with E-state index >= 15 is 0 Å². The van der Waals surface area contributed by atoms with Crippen molar-refractivity contribution in [2.75, 3.05) is 6.54 Å². The molecule has 0 unspecified atom stereocenters. The van der Waals surface area contributed by atoms with E-state index in [0.29, 0.717) is 18.6 Å². The fourth-order valence-electron chi connectivity index (χ4n) is 2.65. The summed E-state index contributed by atoms with van der Waals surface area (Å²) < 4.78 is 20.5. The van der Waals surface area contributed by atoms with Gasteiger partial charge in [0.15, 0.2) is 0 Å². The lowest BCUT2D eigenvalue weighted by atomic mass is 10.2. The summed E-state index contributed by atoms with van der Waals surface area (Å²) in [5.41, 5.74) is 2.37. The van der Waals surface area contributed by atoms with Gasteiger partial charge in [0.1, 0.15) is 17.2 Å². The molecule has 0 aliphatic carbocycles. The monoisotopic (exact) mass is 367 g/mol. The number of benzene rings is 1. The van der Waals surface area contributed by atoms with E-state index in [0.717, 1.165) is 17.0 Å². The molecule has 0 spiro atoms. The summed E-state index contributed by atoms with van der Waals surface area (Å²) >= 11 is 0. The Morgan fingerprint density at radius 3 is 2.96 bits per heavy atom. The number of ether oxygens (including phenoxy) is 1. The molecule has 3 aromatic rings. The summed E-state index contributed by atoms with van der Waals surface area (Å²) in [5.74, 6) is 0.281. The molecule has 0 aliphatic rings. The molecular formula is C21H22FN3O2. The second kappa shape index (κ2) is 8.49. The molecule has 1 aromatic carbocycles. The van der Waals surface area contributed by atoms with Crippen LogP contribution in [-0.2, 0) is 11.2 Å². The maximum absolute atomic E-state index is 13.2. The number of nitrogens with zero attached hydrogens (tertiary/aromatic N) is 2. The van der Waals surface area contributed by atoms with Crippen LogP contribution in [0.3, 0.4) is 0 Å². The zero-order valence-corrected chi connectivity index (χ0v) is 15.4. The minimum absolute atomic E-state index is 0.101. The summed E-state index contributed by atoms with van der Waals surface area (Å²) in [6, 6.07) is 10.6. The first kappa shape index (κ1) is 18.6. The molecule has 0 saturated heterocycles. The normalized spacial score (nSPS) is 11.4. The predicted octanol–water partition coefficient (Wildman–Crippen LogP) is 3.63. The van der Waals surface area contributed by atoms with Crippen molar-refractivity contribution in [1.82, 2.24) is 14.7 Å². The van der Waals surface area contributed by atoms with Gasteiger partial charge in [0.25, 0.3) is 0 Å². The van der Waals surface area contributed by atoms with Crippen LogP contribution in [0.2, 0.25) is 0 Å². The lowest BCUT2D eigenvalue weighted by Gasteiger charge is -2.09. The molecule has 1 amide bonds. The van der Waals surface area contributed by atoms with Crippen molar-refractivity contribution < 1.29 is 13.9 Å². The van der Waals surface area contributed by atoms with E-state index in [2.05, 4.69) is 10.3 Å². The molecule has 140 valence electrons. The maximum atomic E-state index is 13.2. The van der Waals surface area contributed by atoms with Crippen LogP contribution in [0.5, 0.6) is 5.75 Å². The molecule has 0 aliphatic heterocycles. The van der Waals surface area contributed by atoms with E-state index in [9.17, 15) is 9.18 Å². The summed E-state index contributed by atoms with van der Waals surface area (Å²) in [6.07, 6.45) is 7.05. The molecule has 6 heteroatoms. The number of rotatable bonds is 7. The molecule has 5 nitrogen and oxygen atoms in total. The average Bonchev–Trinajstić information content (AvgIpc) is 3.01. The summed E-state index contributed by atoms with van der Waals surface area (Å²) in [4.78, 5) is 16.4. The van der Waals surface area contributed by atoms with Gasteiger partial charge in [0, 0.05) is 31.4 Å². The third kappa shape index (κ3) is 5.41. The highest BCUT2D eigenvalue weighted by molar-refractivity contribution is 5.91. The Bertz CT molecular complexity index is 963. The summed E-state index contributed by atoms with van der Waals surface area (Å²) in [6.45, 7) is 4.39. The van der Waals surface area contributed by atoms with E-state index in [1.807, 2.05) is 38.1 Å². The van der Waals surface area contributed by atoms with E-state index in [-0.39, 0.29) is 17.8 Å². The van der Waals surface area contributed by atoms with Crippen molar-refractivity contribution in [3.63, 3.8) is 0 Å². The number of amides is 1. The van der Waals surface area contributed by atoms with Crippen LogP contribution in [0.1, 0.15) is 25.1 Å². The summed E-state index contributed by atoms with van der Waals surface area (Å²) in [7, 11) is 0. The molecule has 3 rings (SSSR count). The van der Waals surface area contributed by atoms with Crippen molar-refractivity contribution in [2.45, 2.75) is 26.4 Å². The Morgan fingerprint density at radius 2 is 2.15 bits per heavy atom. The van der Waals surface area contributed by atoms with Gasteiger partial charge in [0.05, 0.1) is 11.8 Å². The van der Waals surface area contributed by atoms with Gasteiger partial charge in [-0.1, -0.05) is 12.1 Å². The average molecular weight is 367 g/mol. The Kier molecular flexibility index (Phi) is 5.86. The first-order valence-electron chi connectivity index (χ1n) is 8.85. The lowest BCUT2D eigenvalue weighted by molar-refractivity contribution is -0.116. The molecule has 1 N–H and O–H groups in total. The summed E-state index contributed by atoms with van der Waals surface area (Å²) in [5, 5.41) is 2.82. The molecule has 0 fully saturated rings. The predicted molar refractivity (Wildman–Crippen MR) is 103 cm³/mol. The smallest absolute Gasteiger partial charge is 0.244 e. The van der Waals surface area contributed by atoms with Crippen LogP contribution in [-0.4, -0.2) is 27.9 Å². The Hall–Kier alpha value is -3.15. The minimum Gasteiger partial charge on any atom is -0.491 e. The number of imidazole rings is 1. The zero-order valence-electron chi connectivity index (χ0n) is 15.4. The van der Waals surface area contributed by atoms with Crippen LogP contribution in [0, 0.1) is 5.82 Å². The van der Waals surface area contributed by atoms with Gasteiger partial charge >= 0.3 is 0 Å². The van der Waals surface area contributed by atoms with Crippen LogP contribution >= 0.6 is 0 Å². The van der Waals surface area contributed by atoms with Crippen LogP contribution in [0.4, 0.5) is 4.39 Å². The molecule has 0 saturated carbocycles. The van der Waals surface area contributed by atoms with Crippen LogP contribution < -0.4 is 10.1 Å². The van der Waals surface area contributed by atoms with E-state index in [1.165, 1.54) is 18.3 Å². The fraction of sp³-hybridized carbons (Fsp3) is 0.238. The molecule has 0 bridgehead atoms. The highest BCUT2D eigenvalue weighted by atomic mass is 19.1. The second-order valence-corrected chi connectivity index (χ2v) is 6.46.